The Kier molecular flexibility index (Phi) is 7.47. The fourth-order valence-corrected chi connectivity index (χ4v) is 5.33. The summed E-state index contributed by atoms with van der Waals surface area (Å²) in [7, 11) is -1.34. The van der Waals surface area contributed by atoms with Crippen LogP contribution in [0.5, 0.6) is 0 Å². The lowest BCUT2D eigenvalue weighted by molar-refractivity contribution is 0.119. The van der Waals surface area contributed by atoms with Crippen molar-refractivity contribution in [3.63, 3.8) is 0 Å². The molecule has 0 spiro atoms. The number of sulfonamides is 1. The van der Waals surface area contributed by atoms with E-state index < -0.39 is 10.0 Å². The van der Waals surface area contributed by atoms with Crippen LogP contribution >= 0.6 is 0 Å². The van der Waals surface area contributed by atoms with Crippen molar-refractivity contribution in [3.05, 3.63) is 29.8 Å². The Morgan fingerprint density at radius 1 is 1.12 bits per heavy atom. The molecule has 1 aromatic rings. The molecule has 1 aliphatic rings. The van der Waals surface area contributed by atoms with Crippen LogP contribution in [0.3, 0.4) is 0 Å². The van der Waals surface area contributed by atoms with Crippen LogP contribution < -0.4 is 0 Å². The zero-order valence-corrected chi connectivity index (χ0v) is 17.1. The molecule has 142 valence electrons. The summed E-state index contributed by atoms with van der Waals surface area (Å²) in [6.07, 6.45) is 6.03. The average molecular weight is 367 g/mol. The van der Waals surface area contributed by atoms with Crippen molar-refractivity contribution in [1.29, 1.82) is 0 Å². The summed E-state index contributed by atoms with van der Waals surface area (Å²) in [5.74, 6) is 0.375. The first-order valence-electron chi connectivity index (χ1n) is 9.63. The Bertz CT molecular complexity index is 628. The smallest absolute Gasteiger partial charge is 0.243 e. The second-order valence-corrected chi connectivity index (χ2v) is 9.48. The van der Waals surface area contributed by atoms with Gasteiger partial charge in [-0.2, -0.15) is 4.31 Å². The van der Waals surface area contributed by atoms with Crippen molar-refractivity contribution in [3.8, 4) is 0 Å². The van der Waals surface area contributed by atoms with Crippen LogP contribution in [-0.2, 0) is 10.0 Å². The summed E-state index contributed by atoms with van der Waals surface area (Å²) in [4.78, 5) is 2.68. The lowest BCUT2D eigenvalue weighted by Crippen LogP contribution is -2.56. The van der Waals surface area contributed by atoms with Crippen molar-refractivity contribution >= 4 is 10.0 Å². The SMILES string of the molecule is CCCCCC[C@H](C)[C@@H]1CN(C)CCN1S(=O)(=O)c1ccc(C)cc1. The van der Waals surface area contributed by atoms with E-state index >= 15 is 0 Å². The Labute approximate surface area is 154 Å². The molecule has 5 heteroatoms. The number of piperazine rings is 1. The zero-order valence-electron chi connectivity index (χ0n) is 16.2. The summed E-state index contributed by atoms with van der Waals surface area (Å²) in [5.41, 5.74) is 1.08. The summed E-state index contributed by atoms with van der Waals surface area (Å²) in [6.45, 7) is 8.61. The maximum absolute atomic E-state index is 13.2. The van der Waals surface area contributed by atoms with Crippen molar-refractivity contribution in [2.45, 2.75) is 63.8 Å². The van der Waals surface area contributed by atoms with E-state index in [0.29, 0.717) is 17.4 Å². The molecule has 4 nitrogen and oxygen atoms in total. The molecule has 0 aromatic heterocycles. The van der Waals surface area contributed by atoms with E-state index in [9.17, 15) is 8.42 Å². The van der Waals surface area contributed by atoms with E-state index in [-0.39, 0.29) is 6.04 Å². The van der Waals surface area contributed by atoms with Gasteiger partial charge in [-0.3, -0.25) is 0 Å². The number of likely N-dealkylation sites (N-methyl/N-ethyl adjacent to an activating group) is 1. The molecule has 0 saturated carbocycles. The molecule has 2 rings (SSSR count). The van der Waals surface area contributed by atoms with Gasteiger partial charge >= 0.3 is 0 Å². The molecule has 1 aromatic carbocycles. The van der Waals surface area contributed by atoms with Gasteiger partial charge in [-0.25, -0.2) is 8.42 Å². The van der Waals surface area contributed by atoms with Crippen LogP contribution in [0, 0.1) is 12.8 Å². The number of unbranched alkanes of at least 4 members (excludes halogenated alkanes) is 3. The summed E-state index contributed by atoms with van der Waals surface area (Å²) >= 11 is 0. The van der Waals surface area contributed by atoms with Gasteiger partial charge in [0.25, 0.3) is 0 Å². The number of hydrogen-bond acceptors (Lipinski definition) is 3. The topological polar surface area (TPSA) is 40.6 Å². The van der Waals surface area contributed by atoms with Crippen molar-refractivity contribution in [1.82, 2.24) is 9.21 Å². The standard InChI is InChI=1S/C20H34N2O2S/c1-5-6-7-8-9-18(3)20-16-21(4)14-15-22(20)25(23,24)19-12-10-17(2)11-13-19/h10-13,18,20H,5-9,14-16H2,1-4H3/t18-,20-/m0/s1. The van der Waals surface area contributed by atoms with E-state index in [4.69, 9.17) is 0 Å². The lowest BCUT2D eigenvalue weighted by Gasteiger charge is -2.42. The van der Waals surface area contributed by atoms with Gasteiger partial charge in [0.15, 0.2) is 0 Å². The van der Waals surface area contributed by atoms with Crippen LogP contribution in [-0.4, -0.2) is 50.3 Å². The van der Waals surface area contributed by atoms with Gasteiger partial charge in [-0.05, 0) is 38.4 Å². The normalized spacial score (nSPS) is 21.4. The molecule has 0 unspecified atom stereocenters. The molecule has 1 aliphatic heterocycles. The highest BCUT2D eigenvalue weighted by Crippen LogP contribution is 2.27. The molecule has 1 saturated heterocycles. The molecule has 1 fully saturated rings. The van der Waals surface area contributed by atoms with E-state index in [1.165, 1.54) is 25.7 Å². The maximum atomic E-state index is 13.2. The minimum atomic E-state index is -3.43. The fourth-order valence-electron chi connectivity index (χ4n) is 3.63. The molecule has 0 bridgehead atoms. The molecule has 0 amide bonds. The van der Waals surface area contributed by atoms with E-state index in [0.717, 1.165) is 25.1 Å². The molecule has 0 radical (unpaired) electrons. The van der Waals surface area contributed by atoms with Crippen molar-refractivity contribution in [2.75, 3.05) is 26.7 Å². The Morgan fingerprint density at radius 3 is 2.44 bits per heavy atom. The lowest BCUT2D eigenvalue weighted by atomic mass is 9.93. The highest BCUT2D eigenvalue weighted by atomic mass is 32.2. The first-order valence-corrected chi connectivity index (χ1v) is 11.1. The Morgan fingerprint density at radius 2 is 1.80 bits per heavy atom. The first-order chi connectivity index (χ1) is 11.9. The van der Waals surface area contributed by atoms with Gasteiger partial charge in [0, 0.05) is 25.7 Å². The molecular weight excluding hydrogens is 332 g/mol. The molecule has 25 heavy (non-hydrogen) atoms. The third kappa shape index (κ3) is 5.28. The maximum Gasteiger partial charge on any atom is 0.243 e. The van der Waals surface area contributed by atoms with Gasteiger partial charge in [0.1, 0.15) is 0 Å². The van der Waals surface area contributed by atoms with Crippen molar-refractivity contribution < 1.29 is 8.42 Å². The summed E-state index contributed by atoms with van der Waals surface area (Å²) in [5, 5.41) is 0. The second-order valence-electron chi connectivity index (χ2n) is 7.59. The number of nitrogens with zero attached hydrogens (tertiary/aromatic N) is 2. The monoisotopic (exact) mass is 366 g/mol. The highest BCUT2D eigenvalue weighted by Gasteiger charge is 2.37. The predicted octanol–water partition coefficient (Wildman–Crippen LogP) is 3.91. The third-order valence-corrected chi connectivity index (χ3v) is 7.31. The second kappa shape index (κ2) is 9.15. The average Bonchev–Trinajstić information content (AvgIpc) is 2.58. The van der Waals surface area contributed by atoms with Gasteiger partial charge in [-0.1, -0.05) is 57.2 Å². The third-order valence-electron chi connectivity index (χ3n) is 5.37. The number of rotatable bonds is 8. The largest absolute Gasteiger partial charge is 0.303 e. The van der Waals surface area contributed by atoms with Gasteiger partial charge in [0.05, 0.1) is 4.90 Å². The van der Waals surface area contributed by atoms with Crippen LogP contribution in [0.2, 0.25) is 0 Å². The fraction of sp³-hybridized carbons (Fsp3) is 0.700. The van der Waals surface area contributed by atoms with Crippen LogP contribution in [0.1, 0.15) is 51.5 Å². The molecular formula is C20H34N2O2S. The summed E-state index contributed by atoms with van der Waals surface area (Å²) < 4.78 is 28.2. The summed E-state index contributed by atoms with van der Waals surface area (Å²) in [6, 6.07) is 7.31. The van der Waals surface area contributed by atoms with E-state index in [1.807, 2.05) is 19.1 Å². The number of aryl methyl sites for hydroxylation is 1. The number of hydrogen-bond donors (Lipinski definition) is 0. The zero-order chi connectivity index (χ0) is 18.4. The Balaban J connectivity index is 2.16. The van der Waals surface area contributed by atoms with E-state index in [1.54, 1.807) is 16.4 Å². The number of benzene rings is 1. The van der Waals surface area contributed by atoms with Crippen LogP contribution in [0.25, 0.3) is 0 Å². The van der Waals surface area contributed by atoms with Crippen LogP contribution in [0.15, 0.2) is 29.2 Å². The van der Waals surface area contributed by atoms with Gasteiger partial charge in [0.2, 0.25) is 10.0 Å². The molecule has 1 heterocycles. The van der Waals surface area contributed by atoms with E-state index in [2.05, 4.69) is 25.8 Å². The first kappa shape index (κ1) is 20.4. The highest BCUT2D eigenvalue weighted by molar-refractivity contribution is 7.89. The van der Waals surface area contributed by atoms with Crippen LogP contribution in [0.4, 0.5) is 0 Å². The minimum absolute atomic E-state index is 0.0617. The van der Waals surface area contributed by atoms with Crippen molar-refractivity contribution in [2.24, 2.45) is 5.92 Å². The van der Waals surface area contributed by atoms with Gasteiger partial charge in [-0.15, -0.1) is 0 Å². The predicted molar refractivity (Wildman–Crippen MR) is 104 cm³/mol. The molecule has 2 atom stereocenters. The minimum Gasteiger partial charge on any atom is -0.303 e. The molecule has 0 aliphatic carbocycles. The Hall–Kier alpha value is -0.910. The molecule has 0 N–H and O–H groups in total. The quantitative estimate of drug-likeness (QED) is 0.655. The van der Waals surface area contributed by atoms with Gasteiger partial charge < -0.3 is 4.90 Å².